The first-order chi connectivity index (χ1) is 17.1. The van der Waals surface area contributed by atoms with Gasteiger partial charge in [-0.2, -0.15) is 13.2 Å². The SMILES string of the molecule is COc1ccc([C@H]2/C(=C(\O)c3ccc(Cl)cc3)C(=O)C(=O)N2c2cccc(C(F)(F)F)c2)cc1OC. The second-order valence-electron chi connectivity index (χ2n) is 7.84. The molecule has 0 saturated carbocycles. The Balaban J connectivity index is 1.97. The van der Waals surface area contributed by atoms with Gasteiger partial charge in [0.2, 0.25) is 0 Å². The van der Waals surface area contributed by atoms with Crippen molar-refractivity contribution in [3.63, 3.8) is 0 Å². The molecule has 1 amide bonds. The molecule has 1 heterocycles. The van der Waals surface area contributed by atoms with Gasteiger partial charge in [0.15, 0.2) is 11.5 Å². The molecule has 6 nitrogen and oxygen atoms in total. The molecular formula is C26H19ClF3NO5. The third kappa shape index (κ3) is 4.49. The van der Waals surface area contributed by atoms with E-state index in [0.29, 0.717) is 16.3 Å². The van der Waals surface area contributed by atoms with E-state index in [9.17, 15) is 27.9 Å². The summed E-state index contributed by atoms with van der Waals surface area (Å²) < 4.78 is 50.9. The van der Waals surface area contributed by atoms with E-state index in [0.717, 1.165) is 23.1 Å². The summed E-state index contributed by atoms with van der Waals surface area (Å²) in [5, 5.41) is 11.5. The van der Waals surface area contributed by atoms with Gasteiger partial charge in [-0.3, -0.25) is 14.5 Å². The summed E-state index contributed by atoms with van der Waals surface area (Å²) in [5.74, 6) is -2.03. The van der Waals surface area contributed by atoms with Crippen LogP contribution in [-0.4, -0.2) is 31.0 Å². The topological polar surface area (TPSA) is 76.1 Å². The molecule has 1 atom stereocenters. The standard InChI is InChI=1S/C26H19ClF3NO5/c1-35-19-11-8-15(12-20(19)36-2)22-21(23(32)14-6-9-17(27)10-7-14)24(33)25(34)31(22)18-5-3-4-16(13-18)26(28,29)30/h3-13,22,32H,1-2H3/b23-21+/t22-/m0/s1. The number of ketones is 1. The van der Waals surface area contributed by atoms with Crippen LogP contribution >= 0.6 is 11.6 Å². The average molecular weight is 518 g/mol. The second kappa shape index (κ2) is 9.58. The number of ether oxygens (including phenoxy) is 2. The quantitative estimate of drug-likeness (QED) is 0.255. The van der Waals surface area contributed by atoms with Gasteiger partial charge >= 0.3 is 6.18 Å². The maximum atomic E-state index is 13.4. The van der Waals surface area contributed by atoms with E-state index in [-0.39, 0.29) is 22.6 Å². The Morgan fingerprint density at radius 1 is 0.944 bits per heavy atom. The Labute approximate surface area is 209 Å². The Bertz CT molecular complexity index is 1370. The molecule has 4 rings (SSSR count). The Kier molecular flexibility index (Phi) is 6.69. The van der Waals surface area contributed by atoms with Crippen molar-refractivity contribution in [3.8, 4) is 11.5 Å². The van der Waals surface area contributed by atoms with E-state index in [1.54, 1.807) is 0 Å². The number of hydrogen-bond donors (Lipinski definition) is 1. The van der Waals surface area contributed by atoms with Crippen LogP contribution < -0.4 is 14.4 Å². The second-order valence-corrected chi connectivity index (χ2v) is 8.27. The highest BCUT2D eigenvalue weighted by molar-refractivity contribution is 6.51. The highest BCUT2D eigenvalue weighted by atomic mass is 35.5. The van der Waals surface area contributed by atoms with Crippen LogP contribution in [0.25, 0.3) is 5.76 Å². The molecule has 0 unspecified atom stereocenters. The van der Waals surface area contributed by atoms with Gasteiger partial charge in [-0.25, -0.2) is 0 Å². The van der Waals surface area contributed by atoms with Gasteiger partial charge in [0.05, 0.1) is 31.4 Å². The first-order valence-electron chi connectivity index (χ1n) is 10.5. The lowest BCUT2D eigenvalue weighted by Crippen LogP contribution is -2.29. The monoisotopic (exact) mass is 517 g/mol. The van der Waals surface area contributed by atoms with Crippen molar-refractivity contribution < 1.29 is 37.3 Å². The molecule has 3 aromatic carbocycles. The molecule has 0 spiro atoms. The van der Waals surface area contributed by atoms with Crippen molar-refractivity contribution in [1.82, 2.24) is 0 Å². The molecule has 3 aromatic rings. The highest BCUT2D eigenvalue weighted by Crippen LogP contribution is 2.45. The van der Waals surface area contributed by atoms with E-state index in [1.807, 2.05) is 0 Å². The van der Waals surface area contributed by atoms with Crippen LogP contribution in [-0.2, 0) is 15.8 Å². The summed E-state index contributed by atoms with van der Waals surface area (Å²) in [4.78, 5) is 27.3. The lowest BCUT2D eigenvalue weighted by molar-refractivity contribution is -0.137. The lowest BCUT2D eigenvalue weighted by atomic mass is 9.94. The summed E-state index contributed by atoms with van der Waals surface area (Å²) in [7, 11) is 2.81. The van der Waals surface area contributed by atoms with Gasteiger partial charge in [-0.15, -0.1) is 0 Å². The molecule has 10 heteroatoms. The number of rotatable bonds is 5. The number of carbonyl (C=O) groups is 2. The zero-order valence-corrected chi connectivity index (χ0v) is 19.7. The highest BCUT2D eigenvalue weighted by Gasteiger charge is 2.47. The smallest absolute Gasteiger partial charge is 0.416 e. The summed E-state index contributed by atoms with van der Waals surface area (Å²) >= 11 is 5.92. The van der Waals surface area contributed by atoms with E-state index < -0.39 is 35.2 Å². The predicted molar refractivity (Wildman–Crippen MR) is 127 cm³/mol. The minimum atomic E-state index is -4.67. The molecule has 1 saturated heterocycles. The van der Waals surface area contributed by atoms with Crippen molar-refractivity contribution in [2.75, 3.05) is 19.1 Å². The molecular weight excluding hydrogens is 499 g/mol. The number of halogens is 4. The number of nitrogens with zero attached hydrogens (tertiary/aromatic N) is 1. The fourth-order valence-corrected chi connectivity index (χ4v) is 4.16. The van der Waals surface area contributed by atoms with Crippen molar-refractivity contribution in [2.45, 2.75) is 12.2 Å². The number of amides is 1. The Hall–Kier alpha value is -3.98. The fourth-order valence-electron chi connectivity index (χ4n) is 4.03. The molecule has 1 aliphatic heterocycles. The zero-order valence-electron chi connectivity index (χ0n) is 19.0. The molecule has 0 aromatic heterocycles. The number of carbonyl (C=O) groups excluding carboxylic acids is 2. The molecule has 186 valence electrons. The minimum Gasteiger partial charge on any atom is -0.507 e. The summed E-state index contributed by atoms with van der Waals surface area (Å²) in [6.45, 7) is 0. The molecule has 1 N–H and O–H groups in total. The molecule has 0 radical (unpaired) electrons. The average Bonchev–Trinajstić information content (AvgIpc) is 3.13. The lowest BCUT2D eigenvalue weighted by Gasteiger charge is -2.26. The number of aliphatic hydroxyl groups is 1. The number of Topliss-reactive ketones (excluding diaryl/α,β-unsaturated/α-hetero) is 1. The number of anilines is 1. The fraction of sp³-hybridized carbons (Fsp3) is 0.154. The van der Waals surface area contributed by atoms with E-state index >= 15 is 0 Å². The normalized spacial score (nSPS) is 17.4. The zero-order chi connectivity index (χ0) is 26.2. The van der Waals surface area contributed by atoms with E-state index in [4.69, 9.17) is 21.1 Å². The number of aliphatic hydroxyl groups excluding tert-OH is 1. The van der Waals surface area contributed by atoms with Crippen LogP contribution in [0.5, 0.6) is 11.5 Å². The number of benzene rings is 3. The van der Waals surface area contributed by atoms with Gasteiger partial charge in [-0.05, 0) is 60.2 Å². The van der Waals surface area contributed by atoms with Crippen LogP contribution in [0, 0.1) is 0 Å². The van der Waals surface area contributed by atoms with Crippen LogP contribution in [0.4, 0.5) is 18.9 Å². The molecule has 36 heavy (non-hydrogen) atoms. The first kappa shape index (κ1) is 25.1. The maximum absolute atomic E-state index is 13.4. The van der Waals surface area contributed by atoms with Gasteiger partial charge in [-0.1, -0.05) is 23.7 Å². The molecule has 1 fully saturated rings. The van der Waals surface area contributed by atoms with Crippen molar-refractivity contribution in [1.29, 1.82) is 0 Å². The number of hydrogen-bond acceptors (Lipinski definition) is 5. The molecule has 1 aliphatic rings. The van der Waals surface area contributed by atoms with Gasteiger partial charge in [0.25, 0.3) is 11.7 Å². The minimum absolute atomic E-state index is 0.165. The van der Waals surface area contributed by atoms with Crippen molar-refractivity contribution in [2.24, 2.45) is 0 Å². The van der Waals surface area contributed by atoms with E-state index in [1.165, 1.54) is 62.8 Å². The molecule has 0 bridgehead atoms. The Morgan fingerprint density at radius 2 is 1.61 bits per heavy atom. The first-order valence-corrected chi connectivity index (χ1v) is 10.9. The van der Waals surface area contributed by atoms with Gasteiger partial charge in [0.1, 0.15) is 5.76 Å². The van der Waals surface area contributed by atoms with Crippen molar-refractivity contribution in [3.05, 3.63) is 94.0 Å². The number of alkyl halides is 3. The largest absolute Gasteiger partial charge is 0.507 e. The van der Waals surface area contributed by atoms with Gasteiger partial charge < -0.3 is 14.6 Å². The third-order valence-electron chi connectivity index (χ3n) is 5.74. The summed E-state index contributed by atoms with van der Waals surface area (Å²) in [5.41, 5.74) is -0.953. The molecule has 0 aliphatic carbocycles. The van der Waals surface area contributed by atoms with Crippen molar-refractivity contribution >= 4 is 34.7 Å². The third-order valence-corrected chi connectivity index (χ3v) is 5.99. The maximum Gasteiger partial charge on any atom is 0.416 e. The van der Waals surface area contributed by atoms with Crippen LogP contribution in [0.1, 0.15) is 22.7 Å². The predicted octanol–water partition coefficient (Wildman–Crippen LogP) is 6.00. The number of methoxy groups -OCH3 is 2. The van der Waals surface area contributed by atoms with Crippen LogP contribution in [0.15, 0.2) is 72.3 Å². The summed E-state index contributed by atoms with van der Waals surface area (Å²) in [6, 6.07) is 13.3. The van der Waals surface area contributed by atoms with Crippen LogP contribution in [0.3, 0.4) is 0 Å². The van der Waals surface area contributed by atoms with E-state index in [2.05, 4.69) is 0 Å². The summed E-state index contributed by atoms with van der Waals surface area (Å²) in [6.07, 6.45) is -4.67. The Morgan fingerprint density at radius 3 is 2.22 bits per heavy atom. The van der Waals surface area contributed by atoms with Gasteiger partial charge in [0, 0.05) is 16.3 Å². The van der Waals surface area contributed by atoms with Crippen LogP contribution in [0.2, 0.25) is 5.02 Å².